The van der Waals surface area contributed by atoms with E-state index in [2.05, 4.69) is 10.6 Å². The van der Waals surface area contributed by atoms with E-state index in [-0.39, 0.29) is 23.4 Å². The van der Waals surface area contributed by atoms with Crippen LogP contribution >= 0.6 is 11.8 Å². The van der Waals surface area contributed by atoms with E-state index in [0.717, 1.165) is 18.2 Å². The maximum absolute atomic E-state index is 11.4. The number of hydrogen-bond donors (Lipinski definition) is 3. The maximum atomic E-state index is 11.4. The van der Waals surface area contributed by atoms with Crippen molar-refractivity contribution in [2.24, 2.45) is 0 Å². The Hall–Kier alpha value is -1.08. The average molecular weight is 245 g/mol. The van der Waals surface area contributed by atoms with E-state index in [1.54, 1.807) is 7.11 Å². The second-order valence-corrected chi connectivity index (χ2v) is 4.54. The number of ether oxygens (including phenoxy) is 1. The Labute approximate surface area is 98.0 Å². The molecule has 0 aromatic rings. The maximum Gasteiger partial charge on any atom is 0.240 e. The molecule has 0 saturated carbocycles. The minimum absolute atomic E-state index is 0.113. The summed E-state index contributed by atoms with van der Waals surface area (Å²) >= 11 is 1.08. The van der Waals surface area contributed by atoms with Gasteiger partial charge in [0.05, 0.1) is 0 Å². The lowest BCUT2D eigenvalue weighted by Gasteiger charge is -2.06. The van der Waals surface area contributed by atoms with Gasteiger partial charge in [-0.15, -0.1) is 0 Å². The van der Waals surface area contributed by atoms with Crippen molar-refractivity contribution in [3.05, 3.63) is 0 Å². The Morgan fingerprint density at radius 2 is 2.44 bits per heavy atom. The molecule has 0 spiro atoms. The Kier molecular flexibility index (Phi) is 5.27. The van der Waals surface area contributed by atoms with Crippen molar-refractivity contribution in [2.75, 3.05) is 20.3 Å². The molecule has 6 nitrogen and oxygen atoms in total. The van der Waals surface area contributed by atoms with Gasteiger partial charge in [0.2, 0.25) is 11.8 Å². The van der Waals surface area contributed by atoms with Gasteiger partial charge < -0.3 is 15.4 Å². The molecule has 0 bridgehead atoms. The first-order chi connectivity index (χ1) is 7.63. The molecule has 1 heterocycles. The number of methoxy groups -OCH3 is 1. The number of rotatable bonds is 6. The second-order valence-electron chi connectivity index (χ2n) is 3.33. The van der Waals surface area contributed by atoms with E-state index in [0.29, 0.717) is 13.2 Å². The molecule has 16 heavy (non-hydrogen) atoms. The van der Waals surface area contributed by atoms with Crippen LogP contribution in [0.4, 0.5) is 0 Å². The van der Waals surface area contributed by atoms with Gasteiger partial charge in [0, 0.05) is 26.7 Å². The third-order valence-corrected chi connectivity index (χ3v) is 3.01. The van der Waals surface area contributed by atoms with Crippen LogP contribution in [0.15, 0.2) is 0 Å². The first-order valence-electron chi connectivity index (χ1n) is 4.95. The Morgan fingerprint density at radius 3 is 3.00 bits per heavy atom. The number of nitrogens with one attached hydrogen (secondary N) is 3. The third-order valence-electron chi connectivity index (χ3n) is 2.01. The van der Waals surface area contributed by atoms with Gasteiger partial charge in [-0.05, 0) is 6.42 Å². The summed E-state index contributed by atoms with van der Waals surface area (Å²) in [5.41, 5.74) is 0. The highest BCUT2D eigenvalue weighted by molar-refractivity contribution is 8.15. The van der Waals surface area contributed by atoms with Crippen LogP contribution < -0.4 is 10.6 Å². The largest absolute Gasteiger partial charge is 0.385 e. The van der Waals surface area contributed by atoms with Gasteiger partial charge in [0.15, 0.2) is 5.17 Å². The molecule has 1 rings (SSSR count). The van der Waals surface area contributed by atoms with Gasteiger partial charge in [-0.3, -0.25) is 15.0 Å². The second kappa shape index (κ2) is 6.49. The number of amides is 2. The quantitative estimate of drug-likeness (QED) is 0.560. The summed E-state index contributed by atoms with van der Waals surface area (Å²) in [5.74, 6) is -0.430. The van der Waals surface area contributed by atoms with E-state index in [9.17, 15) is 9.59 Å². The minimum Gasteiger partial charge on any atom is -0.385 e. The van der Waals surface area contributed by atoms with Crippen LogP contribution in [-0.2, 0) is 14.3 Å². The summed E-state index contributed by atoms with van der Waals surface area (Å²) in [6.07, 6.45) is 0.869. The first kappa shape index (κ1) is 13.0. The van der Waals surface area contributed by atoms with Crippen molar-refractivity contribution in [3.63, 3.8) is 0 Å². The van der Waals surface area contributed by atoms with Crippen molar-refractivity contribution in [1.82, 2.24) is 10.6 Å². The summed E-state index contributed by atoms with van der Waals surface area (Å²) in [5, 5.41) is 11.9. The van der Waals surface area contributed by atoms with Crippen LogP contribution in [0.25, 0.3) is 0 Å². The molecule has 1 saturated heterocycles. The highest BCUT2D eigenvalue weighted by atomic mass is 32.2. The van der Waals surface area contributed by atoms with Crippen molar-refractivity contribution in [3.8, 4) is 0 Å². The predicted molar refractivity (Wildman–Crippen MR) is 61.4 cm³/mol. The molecule has 0 aliphatic carbocycles. The van der Waals surface area contributed by atoms with E-state index >= 15 is 0 Å². The van der Waals surface area contributed by atoms with Gasteiger partial charge >= 0.3 is 0 Å². The molecule has 1 atom stereocenters. The van der Waals surface area contributed by atoms with Crippen molar-refractivity contribution in [2.45, 2.75) is 18.1 Å². The summed E-state index contributed by atoms with van der Waals surface area (Å²) in [6, 6.07) is 0. The molecule has 0 aromatic heterocycles. The van der Waals surface area contributed by atoms with Gasteiger partial charge in [-0.25, -0.2) is 0 Å². The SMILES string of the molecule is COCCCNC(=O)CC1SC(=N)NC1=O. The van der Waals surface area contributed by atoms with Crippen LogP contribution in [-0.4, -0.2) is 42.5 Å². The van der Waals surface area contributed by atoms with E-state index < -0.39 is 5.25 Å². The highest BCUT2D eigenvalue weighted by Crippen LogP contribution is 2.20. The number of carbonyl (C=O) groups excluding carboxylic acids is 2. The summed E-state index contributed by atoms with van der Waals surface area (Å²) in [4.78, 5) is 22.6. The molecule has 7 heteroatoms. The topological polar surface area (TPSA) is 91.3 Å². The number of thioether (sulfide) groups is 1. The average Bonchev–Trinajstić information content (AvgIpc) is 2.52. The first-order valence-corrected chi connectivity index (χ1v) is 5.83. The van der Waals surface area contributed by atoms with Crippen LogP contribution in [0.5, 0.6) is 0 Å². The predicted octanol–water partition coefficient (Wildman–Crippen LogP) is -0.304. The van der Waals surface area contributed by atoms with Gasteiger partial charge in [0.1, 0.15) is 5.25 Å². The molecular weight excluding hydrogens is 230 g/mol. The summed E-state index contributed by atoms with van der Waals surface area (Å²) in [6.45, 7) is 1.15. The minimum atomic E-state index is -0.463. The van der Waals surface area contributed by atoms with Crippen LogP contribution in [0, 0.1) is 5.41 Å². The van der Waals surface area contributed by atoms with E-state index in [1.165, 1.54) is 0 Å². The Morgan fingerprint density at radius 1 is 1.69 bits per heavy atom. The number of carbonyl (C=O) groups is 2. The Balaban J connectivity index is 2.19. The van der Waals surface area contributed by atoms with E-state index in [4.69, 9.17) is 10.1 Å². The zero-order valence-corrected chi connectivity index (χ0v) is 9.86. The van der Waals surface area contributed by atoms with Crippen LogP contribution in [0.3, 0.4) is 0 Å². The van der Waals surface area contributed by atoms with Crippen molar-refractivity contribution < 1.29 is 14.3 Å². The molecule has 1 aliphatic heterocycles. The van der Waals surface area contributed by atoms with Gasteiger partial charge in [-0.2, -0.15) is 0 Å². The molecule has 3 N–H and O–H groups in total. The van der Waals surface area contributed by atoms with Gasteiger partial charge in [0.25, 0.3) is 0 Å². The molecule has 0 radical (unpaired) electrons. The molecule has 0 aromatic carbocycles. The zero-order chi connectivity index (χ0) is 12.0. The molecule has 1 unspecified atom stereocenters. The normalized spacial score (nSPS) is 19.7. The highest BCUT2D eigenvalue weighted by Gasteiger charge is 2.30. The third kappa shape index (κ3) is 4.19. The van der Waals surface area contributed by atoms with Crippen molar-refractivity contribution >= 4 is 28.7 Å². The summed E-state index contributed by atoms with van der Waals surface area (Å²) < 4.78 is 4.84. The van der Waals surface area contributed by atoms with Crippen molar-refractivity contribution in [1.29, 1.82) is 5.41 Å². The lowest BCUT2D eigenvalue weighted by atomic mass is 10.2. The lowest BCUT2D eigenvalue weighted by Crippen LogP contribution is -2.31. The molecule has 1 fully saturated rings. The van der Waals surface area contributed by atoms with Crippen LogP contribution in [0.2, 0.25) is 0 Å². The lowest BCUT2D eigenvalue weighted by molar-refractivity contribution is -0.125. The molecule has 2 amide bonds. The van der Waals surface area contributed by atoms with Crippen LogP contribution in [0.1, 0.15) is 12.8 Å². The fourth-order valence-corrected chi connectivity index (χ4v) is 2.08. The van der Waals surface area contributed by atoms with Gasteiger partial charge in [-0.1, -0.05) is 11.8 Å². The monoisotopic (exact) mass is 245 g/mol. The Bertz CT molecular complexity index is 296. The fourth-order valence-electron chi connectivity index (χ4n) is 1.24. The summed E-state index contributed by atoms with van der Waals surface area (Å²) in [7, 11) is 1.60. The fraction of sp³-hybridized carbons (Fsp3) is 0.667. The standard InChI is InChI=1S/C9H15N3O3S/c1-15-4-2-3-11-7(13)5-6-8(14)12-9(10)16-6/h6H,2-5H2,1H3,(H,11,13)(H2,10,12,14). The molecular formula is C9H15N3O3S. The smallest absolute Gasteiger partial charge is 0.240 e. The molecule has 1 aliphatic rings. The number of hydrogen-bond acceptors (Lipinski definition) is 5. The number of amidine groups is 1. The molecule has 90 valence electrons. The zero-order valence-electron chi connectivity index (χ0n) is 9.04. The van der Waals surface area contributed by atoms with E-state index in [1.807, 2.05) is 0 Å².